The van der Waals surface area contributed by atoms with Crippen molar-refractivity contribution in [1.29, 1.82) is 0 Å². The highest BCUT2D eigenvalue weighted by atomic mass is 79.9. The number of fused-ring (bicyclic) bond motifs is 1. The Labute approximate surface area is 172 Å². The van der Waals surface area contributed by atoms with Crippen LogP contribution in [-0.2, 0) is 6.54 Å². The minimum absolute atomic E-state index is 0.126. The van der Waals surface area contributed by atoms with E-state index in [0.717, 1.165) is 39.1 Å². The molecule has 0 saturated heterocycles. The molecule has 1 aliphatic rings. The molecule has 0 aliphatic heterocycles. The highest BCUT2D eigenvalue weighted by Crippen LogP contribution is 2.46. The van der Waals surface area contributed by atoms with Gasteiger partial charge in [-0.15, -0.1) is 11.3 Å². The van der Waals surface area contributed by atoms with E-state index in [0.29, 0.717) is 24.3 Å². The Morgan fingerprint density at radius 3 is 2.96 bits per heavy atom. The lowest BCUT2D eigenvalue weighted by molar-refractivity contribution is -0.529. The first-order valence-electron chi connectivity index (χ1n) is 8.59. The van der Waals surface area contributed by atoms with Gasteiger partial charge in [-0.05, 0) is 52.5 Å². The van der Waals surface area contributed by atoms with Crippen LogP contribution in [0.15, 0.2) is 27.3 Å². The summed E-state index contributed by atoms with van der Waals surface area (Å²) < 4.78 is 6.96. The predicted octanol–water partition coefficient (Wildman–Crippen LogP) is 5.62. The first kappa shape index (κ1) is 18.6. The average molecular weight is 472 g/mol. The van der Waals surface area contributed by atoms with Crippen LogP contribution in [-0.4, -0.2) is 20.9 Å². The van der Waals surface area contributed by atoms with Gasteiger partial charge in [0, 0.05) is 16.2 Å². The SMILES string of the molecule is O=[N+]([O-])[C@H]1CCCC[C@@H]1c1sc2c(NCc3ccco3)nc(Cl)nc2c1Br. The van der Waals surface area contributed by atoms with Crippen LogP contribution >= 0.6 is 38.9 Å². The van der Waals surface area contributed by atoms with Crippen LogP contribution in [0.25, 0.3) is 10.2 Å². The molecule has 142 valence electrons. The summed E-state index contributed by atoms with van der Waals surface area (Å²) in [6.45, 7) is 0.460. The van der Waals surface area contributed by atoms with Gasteiger partial charge < -0.3 is 9.73 Å². The number of nitro groups is 1. The van der Waals surface area contributed by atoms with Crippen molar-refractivity contribution < 1.29 is 9.34 Å². The van der Waals surface area contributed by atoms with E-state index in [1.807, 2.05) is 12.1 Å². The third kappa shape index (κ3) is 3.68. The Bertz CT molecular complexity index is 978. The van der Waals surface area contributed by atoms with Crippen molar-refractivity contribution >= 4 is 54.9 Å². The molecule has 0 spiro atoms. The lowest BCUT2D eigenvalue weighted by Crippen LogP contribution is -2.30. The van der Waals surface area contributed by atoms with Crippen LogP contribution in [0.4, 0.5) is 5.82 Å². The third-order valence-electron chi connectivity index (χ3n) is 4.82. The Morgan fingerprint density at radius 1 is 1.41 bits per heavy atom. The zero-order chi connectivity index (χ0) is 19.0. The number of furan rings is 1. The Morgan fingerprint density at radius 2 is 2.22 bits per heavy atom. The molecular formula is C17H16BrClN4O3S. The first-order chi connectivity index (χ1) is 13.0. The monoisotopic (exact) mass is 470 g/mol. The smallest absolute Gasteiger partial charge is 0.225 e. The molecular weight excluding hydrogens is 456 g/mol. The van der Waals surface area contributed by atoms with Gasteiger partial charge in [-0.1, -0.05) is 6.42 Å². The van der Waals surface area contributed by atoms with Crippen molar-refractivity contribution in [2.75, 3.05) is 5.32 Å². The van der Waals surface area contributed by atoms with Crippen LogP contribution in [0.3, 0.4) is 0 Å². The fourth-order valence-corrected chi connectivity index (χ4v) is 5.97. The van der Waals surface area contributed by atoms with Crippen molar-refractivity contribution in [3.63, 3.8) is 0 Å². The van der Waals surface area contributed by atoms with Gasteiger partial charge in [0.1, 0.15) is 17.1 Å². The Hall–Kier alpha value is -1.71. The van der Waals surface area contributed by atoms with Gasteiger partial charge in [-0.2, -0.15) is 4.98 Å². The second-order valence-corrected chi connectivity index (χ2v) is 8.66. The number of thiophene rings is 1. The molecule has 1 aliphatic carbocycles. The Balaban J connectivity index is 1.73. The lowest BCUT2D eigenvalue weighted by Gasteiger charge is -2.24. The molecule has 1 N–H and O–H groups in total. The first-order valence-corrected chi connectivity index (χ1v) is 10.6. The predicted molar refractivity (Wildman–Crippen MR) is 108 cm³/mol. The molecule has 0 aromatic carbocycles. The third-order valence-corrected chi connectivity index (χ3v) is 7.37. The van der Waals surface area contributed by atoms with E-state index in [1.165, 1.54) is 11.3 Å². The maximum Gasteiger partial charge on any atom is 0.225 e. The molecule has 3 aromatic heterocycles. The highest BCUT2D eigenvalue weighted by Gasteiger charge is 2.38. The van der Waals surface area contributed by atoms with E-state index < -0.39 is 6.04 Å². The second kappa shape index (κ2) is 7.73. The molecule has 2 atom stereocenters. The highest BCUT2D eigenvalue weighted by molar-refractivity contribution is 9.10. The standard InChI is InChI=1S/C17H16BrClN4O3S/c18-12-13-15(27-14(12)10-5-1-2-6-11(10)23(24)25)16(22-17(19)21-13)20-8-9-4-3-7-26-9/h3-4,7,10-11H,1-2,5-6,8H2,(H,20,21,22)/t10-,11-/m0/s1. The van der Waals surface area contributed by atoms with Crippen molar-refractivity contribution in [2.24, 2.45) is 0 Å². The number of hydrogen-bond donors (Lipinski definition) is 1. The fraction of sp³-hybridized carbons (Fsp3) is 0.412. The maximum absolute atomic E-state index is 11.5. The largest absolute Gasteiger partial charge is 0.467 e. The Kier molecular flexibility index (Phi) is 5.34. The summed E-state index contributed by atoms with van der Waals surface area (Å²) in [5, 5.41) is 14.9. The number of anilines is 1. The summed E-state index contributed by atoms with van der Waals surface area (Å²) in [6, 6.07) is 3.12. The number of halogens is 2. The molecule has 1 saturated carbocycles. The summed E-state index contributed by atoms with van der Waals surface area (Å²) in [5.41, 5.74) is 0.685. The van der Waals surface area contributed by atoms with Crippen LogP contribution < -0.4 is 5.32 Å². The fourth-order valence-electron chi connectivity index (χ4n) is 3.55. The van der Waals surface area contributed by atoms with Crippen LogP contribution in [0, 0.1) is 10.1 Å². The molecule has 3 heterocycles. The van der Waals surface area contributed by atoms with Crippen LogP contribution in [0.2, 0.25) is 5.28 Å². The number of aromatic nitrogens is 2. The lowest BCUT2D eigenvalue weighted by atomic mass is 9.84. The normalized spacial score (nSPS) is 20.1. The molecule has 1 fully saturated rings. The number of nitrogens with one attached hydrogen (secondary N) is 1. The number of rotatable bonds is 5. The van der Waals surface area contributed by atoms with Crippen molar-refractivity contribution in [3.8, 4) is 0 Å². The molecule has 7 nitrogen and oxygen atoms in total. The van der Waals surface area contributed by atoms with Gasteiger partial charge in [0.15, 0.2) is 0 Å². The molecule has 10 heteroatoms. The topological polar surface area (TPSA) is 94.1 Å². The summed E-state index contributed by atoms with van der Waals surface area (Å²) in [6.07, 6.45) is 4.90. The maximum atomic E-state index is 11.5. The van der Waals surface area contributed by atoms with Gasteiger partial charge in [0.2, 0.25) is 11.3 Å². The molecule has 4 rings (SSSR count). The van der Waals surface area contributed by atoms with Gasteiger partial charge in [-0.3, -0.25) is 10.1 Å². The summed E-state index contributed by atoms with van der Waals surface area (Å²) >= 11 is 11.2. The zero-order valence-corrected chi connectivity index (χ0v) is 17.3. The van der Waals surface area contributed by atoms with E-state index in [1.54, 1.807) is 6.26 Å². The van der Waals surface area contributed by atoms with Gasteiger partial charge >= 0.3 is 0 Å². The average Bonchev–Trinajstić information content (AvgIpc) is 3.28. The van der Waals surface area contributed by atoms with Gasteiger partial charge in [0.25, 0.3) is 0 Å². The van der Waals surface area contributed by atoms with E-state index in [-0.39, 0.29) is 16.1 Å². The van der Waals surface area contributed by atoms with Crippen molar-refractivity contribution in [3.05, 3.63) is 48.9 Å². The van der Waals surface area contributed by atoms with Crippen molar-refractivity contribution in [1.82, 2.24) is 9.97 Å². The van der Waals surface area contributed by atoms with E-state index in [2.05, 4.69) is 31.2 Å². The quantitative estimate of drug-likeness (QED) is 0.295. The van der Waals surface area contributed by atoms with E-state index >= 15 is 0 Å². The number of nitrogens with zero attached hydrogens (tertiary/aromatic N) is 3. The van der Waals surface area contributed by atoms with E-state index in [4.69, 9.17) is 16.0 Å². The summed E-state index contributed by atoms with van der Waals surface area (Å²) in [7, 11) is 0. The minimum atomic E-state index is -0.564. The molecule has 0 radical (unpaired) electrons. The molecule has 0 unspecified atom stereocenters. The van der Waals surface area contributed by atoms with Crippen LogP contribution in [0.1, 0.15) is 42.2 Å². The molecule has 3 aromatic rings. The van der Waals surface area contributed by atoms with Crippen LogP contribution in [0.5, 0.6) is 0 Å². The summed E-state index contributed by atoms with van der Waals surface area (Å²) in [4.78, 5) is 21.0. The second-order valence-electron chi connectivity index (χ2n) is 6.48. The van der Waals surface area contributed by atoms with Crippen molar-refractivity contribution in [2.45, 2.75) is 44.2 Å². The minimum Gasteiger partial charge on any atom is -0.467 e. The number of hydrogen-bond acceptors (Lipinski definition) is 7. The van der Waals surface area contributed by atoms with E-state index in [9.17, 15) is 10.1 Å². The molecule has 0 amide bonds. The molecule has 27 heavy (non-hydrogen) atoms. The zero-order valence-electron chi connectivity index (χ0n) is 14.2. The molecule has 0 bridgehead atoms. The van der Waals surface area contributed by atoms with Gasteiger partial charge in [-0.25, -0.2) is 4.98 Å². The van der Waals surface area contributed by atoms with Gasteiger partial charge in [0.05, 0.1) is 27.9 Å². The summed E-state index contributed by atoms with van der Waals surface area (Å²) in [5.74, 6) is 1.25.